The first-order valence-electron chi connectivity index (χ1n) is 5.94. The van der Waals surface area contributed by atoms with Crippen molar-refractivity contribution in [3.05, 3.63) is 11.8 Å². The van der Waals surface area contributed by atoms with Crippen LogP contribution in [0.3, 0.4) is 0 Å². The Hall–Kier alpha value is -1.56. The largest absolute Gasteiger partial charge is 0.384 e. The van der Waals surface area contributed by atoms with Crippen LogP contribution in [0, 0.1) is 0 Å². The molecule has 0 radical (unpaired) electrons. The van der Waals surface area contributed by atoms with Crippen LogP contribution >= 0.6 is 0 Å². The summed E-state index contributed by atoms with van der Waals surface area (Å²) in [5.41, 5.74) is 6.27. The number of hydrogen-bond acceptors (Lipinski definition) is 4. The summed E-state index contributed by atoms with van der Waals surface area (Å²) in [4.78, 5) is 14.0. The van der Waals surface area contributed by atoms with Crippen LogP contribution < -0.4 is 11.1 Å². The molecule has 0 bridgehead atoms. The molecule has 0 aromatic carbocycles. The predicted octanol–water partition coefficient (Wildman–Crippen LogP) is 0.0916. The lowest BCUT2D eigenvalue weighted by Gasteiger charge is -2.26. The third-order valence-electron chi connectivity index (χ3n) is 2.88. The molecule has 0 saturated carbocycles. The minimum atomic E-state index is -0.0300. The van der Waals surface area contributed by atoms with Crippen LogP contribution in [0.4, 0.5) is 5.82 Å². The highest BCUT2D eigenvalue weighted by molar-refractivity contribution is 5.93. The summed E-state index contributed by atoms with van der Waals surface area (Å²) in [5, 5.41) is 7.48. The number of hydrogen-bond donors (Lipinski definition) is 2. The summed E-state index contributed by atoms with van der Waals surface area (Å²) in [6, 6.07) is 1.82. The lowest BCUT2D eigenvalue weighted by molar-refractivity contribution is 0.0728. The molecule has 94 valence electrons. The second-order valence-corrected chi connectivity index (χ2v) is 4.53. The maximum atomic E-state index is 12.2. The van der Waals surface area contributed by atoms with E-state index in [0.29, 0.717) is 11.5 Å². The van der Waals surface area contributed by atoms with Gasteiger partial charge in [0.2, 0.25) is 0 Å². The molecule has 2 heterocycles. The molecule has 6 nitrogen and oxygen atoms in total. The number of nitrogens with one attached hydrogen (secondary N) is 1. The van der Waals surface area contributed by atoms with Gasteiger partial charge in [0.05, 0.1) is 0 Å². The third kappa shape index (κ3) is 2.41. The molecular formula is C11H19N5O. The number of piperazine rings is 1. The zero-order chi connectivity index (χ0) is 12.4. The normalized spacial score (nSPS) is 16.5. The Morgan fingerprint density at radius 2 is 2.12 bits per heavy atom. The van der Waals surface area contributed by atoms with E-state index in [-0.39, 0.29) is 11.9 Å². The zero-order valence-corrected chi connectivity index (χ0v) is 10.3. The fourth-order valence-corrected chi connectivity index (χ4v) is 1.96. The van der Waals surface area contributed by atoms with Gasteiger partial charge >= 0.3 is 0 Å². The molecule has 1 aliphatic heterocycles. The third-order valence-corrected chi connectivity index (χ3v) is 2.88. The van der Waals surface area contributed by atoms with Crippen LogP contribution in [-0.2, 0) is 0 Å². The minimum absolute atomic E-state index is 0.0300. The highest BCUT2D eigenvalue weighted by atomic mass is 16.2. The summed E-state index contributed by atoms with van der Waals surface area (Å²) < 4.78 is 1.68. The lowest BCUT2D eigenvalue weighted by atomic mass is 10.3. The second kappa shape index (κ2) is 4.75. The molecule has 6 heteroatoms. The second-order valence-electron chi connectivity index (χ2n) is 4.53. The summed E-state index contributed by atoms with van der Waals surface area (Å²) in [6.07, 6.45) is 0. The fraction of sp³-hybridized carbons (Fsp3) is 0.636. The van der Waals surface area contributed by atoms with Crippen LogP contribution in [0.1, 0.15) is 30.4 Å². The van der Waals surface area contributed by atoms with Gasteiger partial charge in [-0.05, 0) is 13.8 Å². The zero-order valence-electron chi connectivity index (χ0n) is 10.3. The smallest absolute Gasteiger partial charge is 0.274 e. The van der Waals surface area contributed by atoms with Crippen molar-refractivity contribution in [1.29, 1.82) is 0 Å². The van der Waals surface area contributed by atoms with Crippen molar-refractivity contribution in [2.75, 3.05) is 31.9 Å². The summed E-state index contributed by atoms with van der Waals surface area (Å²) in [7, 11) is 0. The number of anilines is 1. The number of carbonyl (C=O) groups is 1. The minimum Gasteiger partial charge on any atom is -0.384 e. The van der Waals surface area contributed by atoms with Gasteiger partial charge < -0.3 is 16.0 Å². The van der Waals surface area contributed by atoms with Gasteiger partial charge in [-0.2, -0.15) is 5.10 Å². The molecule has 1 amide bonds. The maximum Gasteiger partial charge on any atom is 0.274 e. The summed E-state index contributed by atoms with van der Waals surface area (Å²) in [6.45, 7) is 7.11. The number of carbonyl (C=O) groups excluding carboxylic acids is 1. The van der Waals surface area contributed by atoms with Crippen LogP contribution in [-0.4, -0.2) is 46.8 Å². The van der Waals surface area contributed by atoms with Crippen molar-refractivity contribution < 1.29 is 4.79 Å². The molecule has 17 heavy (non-hydrogen) atoms. The van der Waals surface area contributed by atoms with Crippen molar-refractivity contribution >= 4 is 11.7 Å². The molecule has 2 rings (SSSR count). The average Bonchev–Trinajstić information content (AvgIpc) is 2.71. The van der Waals surface area contributed by atoms with E-state index in [2.05, 4.69) is 10.4 Å². The van der Waals surface area contributed by atoms with Crippen molar-refractivity contribution in [1.82, 2.24) is 20.0 Å². The highest BCUT2D eigenvalue weighted by Gasteiger charge is 2.21. The average molecular weight is 237 g/mol. The van der Waals surface area contributed by atoms with Crippen molar-refractivity contribution in [3.8, 4) is 0 Å². The van der Waals surface area contributed by atoms with E-state index in [9.17, 15) is 4.79 Å². The number of rotatable bonds is 2. The molecule has 0 atom stereocenters. The number of nitrogens with two attached hydrogens (primary N) is 1. The van der Waals surface area contributed by atoms with Crippen LogP contribution in [0.15, 0.2) is 6.07 Å². The Bertz CT molecular complexity index is 406. The molecule has 0 aliphatic carbocycles. The molecule has 1 saturated heterocycles. The quantitative estimate of drug-likeness (QED) is 0.764. The summed E-state index contributed by atoms with van der Waals surface area (Å²) in [5.74, 6) is 0.510. The SMILES string of the molecule is CC(C)n1nc(C(=O)N2CCNCC2)cc1N. The Balaban J connectivity index is 2.16. The van der Waals surface area contributed by atoms with Gasteiger partial charge in [0.25, 0.3) is 5.91 Å². The Kier molecular flexibility index (Phi) is 3.33. The lowest BCUT2D eigenvalue weighted by Crippen LogP contribution is -2.46. The van der Waals surface area contributed by atoms with E-state index in [0.717, 1.165) is 26.2 Å². The van der Waals surface area contributed by atoms with Crippen LogP contribution in [0.25, 0.3) is 0 Å². The predicted molar refractivity (Wildman–Crippen MR) is 65.8 cm³/mol. The Morgan fingerprint density at radius 3 is 2.65 bits per heavy atom. The molecule has 0 spiro atoms. The molecule has 1 aromatic rings. The van der Waals surface area contributed by atoms with Gasteiger partial charge in [0.15, 0.2) is 5.69 Å². The molecule has 1 aromatic heterocycles. The standard InChI is InChI=1S/C11H19N5O/c1-8(2)16-10(12)7-9(14-16)11(17)15-5-3-13-4-6-15/h7-8,13H,3-6,12H2,1-2H3. The number of nitrogens with zero attached hydrogens (tertiary/aromatic N) is 3. The summed E-state index contributed by atoms with van der Waals surface area (Å²) >= 11 is 0. The number of nitrogen functional groups attached to an aromatic ring is 1. The fourth-order valence-electron chi connectivity index (χ4n) is 1.96. The first kappa shape index (κ1) is 11.9. The molecule has 1 aliphatic rings. The maximum absolute atomic E-state index is 12.2. The Morgan fingerprint density at radius 1 is 1.47 bits per heavy atom. The first-order chi connectivity index (χ1) is 8.09. The van der Waals surface area contributed by atoms with Gasteiger partial charge in [0, 0.05) is 38.3 Å². The van der Waals surface area contributed by atoms with E-state index in [4.69, 9.17) is 5.73 Å². The van der Waals surface area contributed by atoms with Gasteiger partial charge in [-0.25, -0.2) is 4.68 Å². The molecular weight excluding hydrogens is 218 g/mol. The monoisotopic (exact) mass is 237 g/mol. The van der Waals surface area contributed by atoms with Crippen molar-refractivity contribution in [2.24, 2.45) is 0 Å². The van der Waals surface area contributed by atoms with Crippen molar-refractivity contribution in [3.63, 3.8) is 0 Å². The Labute approximate surface area is 101 Å². The molecule has 0 unspecified atom stereocenters. The van der Waals surface area contributed by atoms with Gasteiger partial charge in [-0.1, -0.05) is 0 Å². The number of aromatic nitrogens is 2. The van der Waals surface area contributed by atoms with Crippen LogP contribution in [0.5, 0.6) is 0 Å². The molecule has 1 fully saturated rings. The highest BCUT2D eigenvalue weighted by Crippen LogP contribution is 2.14. The van der Waals surface area contributed by atoms with Crippen LogP contribution in [0.2, 0.25) is 0 Å². The van der Waals surface area contributed by atoms with Gasteiger partial charge in [0.1, 0.15) is 5.82 Å². The number of amides is 1. The van der Waals surface area contributed by atoms with Gasteiger partial charge in [-0.15, -0.1) is 0 Å². The molecule has 3 N–H and O–H groups in total. The van der Waals surface area contributed by atoms with Crippen molar-refractivity contribution in [2.45, 2.75) is 19.9 Å². The van der Waals surface area contributed by atoms with E-state index >= 15 is 0 Å². The first-order valence-corrected chi connectivity index (χ1v) is 5.94. The van der Waals surface area contributed by atoms with E-state index in [1.54, 1.807) is 10.7 Å². The van der Waals surface area contributed by atoms with E-state index < -0.39 is 0 Å². The van der Waals surface area contributed by atoms with Gasteiger partial charge in [-0.3, -0.25) is 4.79 Å². The van der Waals surface area contributed by atoms with E-state index in [1.165, 1.54) is 0 Å². The van der Waals surface area contributed by atoms with E-state index in [1.807, 2.05) is 18.7 Å². The topological polar surface area (TPSA) is 76.2 Å².